The number of methoxy groups -OCH3 is 2. The molecule has 0 bridgehead atoms. The van der Waals surface area contributed by atoms with E-state index in [1.165, 1.54) is 0 Å². The summed E-state index contributed by atoms with van der Waals surface area (Å²) in [4.78, 5) is 4.13. The first kappa shape index (κ1) is 12.4. The van der Waals surface area contributed by atoms with Crippen molar-refractivity contribution in [2.24, 2.45) is 0 Å². The second-order valence-electron chi connectivity index (χ2n) is 3.77. The van der Waals surface area contributed by atoms with Gasteiger partial charge in [0.05, 0.1) is 19.9 Å². The highest BCUT2D eigenvalue weighted by Crippen LogP contribution is 2.31. The molecule has 4 nitrogen and oxygen atoms in total. The van der Waals surface area contributed by atoms with E-state index in [1.807, 2.05) is 12.1 Å². The molecule has 94 valence electrons. The van der Waals surface area contributed by atoms with Gasteiger partial charge in [-0.2, -0.15) is 0 Å². The van der Waals surface area contributed by atoms with Crippen LogP contribution in [0.15, 0.2) is 42.6 Å². The second-order valence-corrected chi connectivity index (χ2v) is 3.77. The lowest BCUT2D eigenvalue weighted by Gasteiger charge is -2.13. The molecule has 2 rings (SSSR count). The highest BCUT2D eigenvalue weighted by Gasteiger charge is 2.14. The Labute approximate surface area is 106 Å². The van der Waals surface area contributed by atoms with E-state index >= 15 is 0 Å². The minimum atomic E-state index is -0.772. The summed E-state index contributed by atoms with van der Waals surface area (Å²) >= 11 is 0. The topological polar surface area (TPSA) is 51.6 Å². The minimum absolute atomic E-state index is 0.588. The molecule has 1 atom stereocenters. The molecule has 1 N–H and O–H groups in total. The predicted molar refractivity (Wildman–Crippen MR) is 67.8 cm³/mol. The number of aromatic nitrogens is 1. The van der Waals surface area contributed by atoms with Gasteiger partial charge in [0.25, 0.3) is 0 Å². The maximum atomic E-state index is 10.2. The fourth-order valence-corrected chi connectivity index (χ4v) is 1.73. The normalized spacial score (nSPS) is 11.9. The van der Waals surface area contributed by atoms with E-state index in [9.17, 15) is 5.11 Å². The Morgan fingerprint density at radius 3 is 2.44 bits per heavy atom. The third-order valence-corrected chi connectivity index (χ3v) is 2.69. The highest BCUT2D eigenvalue weighted by atomic mass is 16.5. The first-order valence-electron chi connectivity index (χ1n) is 5.57. The molecule has 4 heteroatoms. The number of pyridine rings is 1. The van der Waals surface area contributed by atoms with Gasteiger partial charge in [-0.15, -0.1) is 0 Å². The van der Waals surface area contributed by atoms with Gasteiger partial charge < -0.3 is 14.6 Å². The fraction of sp³-hybridized carbons (Fsp3) is 0.214. The Balaban J connectivity index is 2.34. The number of aliphatic hydroxyl groups excluding tert-OH is 1. The maximum absolute atomic E-state index is 10.2. The zero-order chi connectivity index (χ0) is 13.0. The van der Waals surface area contributed by atoms with E-state index in [0.717, 1.165) is 0 Å². The molecule has 1 aromatic carbocycles. The molecule has 2 aromatic rings. The number of ether oxygens (including phenoxy) is 2. The van der Waals surface area contributed by atoms with Crippen molar-refractivity contribution < 1.29 is 14.6 Å². The van der Waals surface area contributed by atoms with Crippen molar-refractivity contribution in [2.75, 3.05) is 14.2 Å². The number of rotatable bonds is 4. The van der Waals surface area contributed by atoms with Gasteiger partial charge >= 0.3 is 0 Å². The summed E-state index contributed by atoms with van der Waals surface area (Å²) in [5, 5.41) is 10.2. The third-order valence-electron chi connectivity index (χ3n) is 2.69. The SMILES string of the molecule is COc1ccc([C@H](O)c2ccccn2)cc1OC. The van der Waals surface area contributed by atoms with Crippen LogP contribution in [0.2, 0.25) is 0 Å². The van der Waals surface area contributed by atoms with E-state index in [0.29, 0.717) is 22.8 Å². The Hall–Kier alpha value is -2.07. The highest BCUT2D eigenvalue weighted by molar-refractivity contribution is 5.44. The van der Waals surface area contributed by atoms with Crippen LogP contribution in [0.4, 0.5) is 0 Å². The quantitative estimate of drug-likeness (QED) is 0.897. The van der Waals surface area contributed by atoms with Crippen molar-refractivity contribution in [3.63, 3.8) is 0 Å². The standard InChI is InChI=1S/C14H15NO3/c1-17-12-7-6-10(9-13(12)18-2)14(16)11-5-3-4-8-15-11/h3-9,14,16H,1-2H3/t14-/m0/s1. The molecule has 1 heterocycles. The molecule has 0 fully saturated rings. The van der Waals surface area contributed by atoms with Gasteiger partial charge in [-0.25, -0.2) is 0 Å². The lowest BCUT2D eigenvalue weighted by molar-refractivity contribution is 0.214. The molecular formula is C14H15NO3. The second kappa shape index (κ2) is 5.51. The summed E-state index contributed by atoms with van der Waals surface area (Å²) < 4.78 is 10.4. The molecule has 0 aliphatic rings. The van der Waals surface area contributed by atoms with E-state index < -0.39 is 6.10 Å². The van der Waals surface area contributed by atoms with Gasteiger partial charge in [-0.05, 0) is 29.8 Å². The van der Waals surface area contributed by atoms with Crippen molar-refractivity contribution >= 4 is 0 Å². The average Bonchev–Trinajstić information content (AvgIpc) is 2.46. The van der Waals surface area contributed by atoms with E-state index in [4.69, 9.17) is 9.47 Å². The first-order valence-corrected chi connectivity index (χ1v) is 5.57. The number of hydrogen-bond acceptors (Lipinski definition) is 4. The molecule has 0 radical (unpaired) electrons. The van der Waals surface area contributed by atoms with E-state index in [2.05, 4.69) is 4.98 Å². The summed E-state index contributed by atoms with van der Waals surface area (Å²) in [6.45, 7) is 0. The number of aliphatic hydroxyl groups is 1. The van der Waals surface area contributed by atoms with Crippen LogP contribution in [-0.2, 0) is 0 Å². The Morgan fingerprint density at radius 1 is 1.06 bits per heavy atom. The number of hydrogen-bond donors (Lipinski definition) is 1. The van der Waals surface area contributed by atoms with Gasteiger partial charge in [-0.3, -0.25) is 4.98 Å². The Kier molecular flexibility index (Phi) is 3.79. The van der Waals surface area contributed by atoms with Crippen LogP contribution in [0.5, 0.6) is 11.5 Å². The molecule has 18 heavy (non-hydrogen) atoms. The predicted octanol–water partition coefficient (Wildman–Crippen LogP) is 2.18. The molecule has 0 unspecified atom stereocenters. The zero-order valence-electron chi connectivity index (χ0n) is 10.3. The third kappa shape index (κ3) is 2.43. The maximum Gasteiger partial charge on any atom is 0.161 e. The number of nitrogens with zero attached hydrogens (tertiary/aromatic N) is 1. The van der Waals surface area contributed by atoms with Crippen molar-refractivity contribution in [3.05, 3.63) is 53.9 Å². The molecule has 0 amide bonds. The van der Waals surface area contributed by atoms with Crippen LogP contribution in [-0.4, -0.2) is 24.3 Å². The van der Waals surface area contributed by atoms with Crippen molar-refractivity contribution in [3.8, 4) is 11.5 Å². The smallest absolute Gasteiger partial charge is 0.161 e. The first-order chi connectivity index (χ1) is 8.76. The van der Waals surface area contributed by atoms with Crippen LogP contribution in [0.3, 0.4) is 0 Å². The average molecular weight is 245 g/mol. The molecular weight excluding hydrogens is 230 g/mol. The van der Waals surface area contributed by atoms with Crippen LogP contribution < -0.4 is 9.47 Å². The van der Waals surface area contributed by atoms with Crippen molar-refractivity contribution in [1.82, 2.24) is 4.98 Å². The fourth-order valence-electron chi connectivity index (χ4n) is 1.73. The van der Waals surface area contributed by atoms with Gasteiger partial charge in [0.15, 0.2) is 11.5 Å². The Morgan fingerprint density at radius 2 is 1.83 bits per heavy atom. The lowest BCUT2D eigenvalue weighted by atomic mass is 10.1. The van der Waals surface area contributed by atoms with Crippen LogP contribution in [0.1, 0.15) is 17.4 Å². The lowest BCUT2D eigenvalue weighted by Crippen LogP contribution is -2.02. The molecule has 1 aromatic heterocycles. The van der Waals surface area contributed by atoms with Gasteiger partial charge in [0.1, 0.15) is 6.10 Å². The van der Waals surface area contributed by atoms with Gasteiger partial charge in [0.2, 0.25) is 0 Å². The van der Waals surface area contributed by atoms with E-state index in [-0.39, 0.29) is 0 Å². The summed E-state index contributed by atoms with van der Waals surface area (Å²) in [5.74, 6) is 1.22. The zero-order valence-corrected chi connectivity index (χ0v) is 10.3. The minimum Gasteiger partial charge on any atom is -0.493 e. The van der Waals surface area contributed by atoms with E-state index in [1.54, 1.807) is 44.7 Å². The van der Waals surface area contributed by atoms with Crippen LogP contribution >= 0.6 is 0 Å². The molecule has 0 aliphatic carbocycles. The van der Waals surface area contributed by atoms with Crippen LogP contribution in [0.25, 0.3) is 0 Å². The Bertz CT molecular complexity index is 514. The monoisotopic (exact) mass is 245 g/mol. The summed E-state index contributed by atoms with van der Waals surface area (Å²) in [6.07, 6.45) is 0.880. The van der Waals surface area contributed by atoms with Gasteiger partial charge in [-0.1, -0.05) is 12.1 Å². The summed E-state index contributed by atoms with van der Waals surface area (Å²) in [6, 6.07) is 10.7. The molecule has 0 saturated heterocycles. The largest absolute Gasteiger partial charge is 0.493 e. The van der Waals surface area contributed by atoms with Crippen LogP contribution in [0, 0.1) is 0 Å². The molecule has 0 aliphatic heterocycles. The summed E-state index contributed by atoms with van der Waals surface area (Å²) in [7, 11) is 3.14. The van der Waals surface area contributed by atoms with Crippen molar-refractivity contribution in [1.29, 1.82) is 0 Å². The summed E-state index contributed by atoms with van der Waals surface area (Å²) in [5.41, 5.74) is 1.32. The molecule has 0 spiro atoms. The van der Waals surface area contributed by atoms with Gasteiger partial charge in [0, 0.05) is 6.20 Å². The van der Waals surface area contributed by atoms with Crippen molar-refractivity contribution in [2.45, 2.75) is 6.10 Å². The molecule has 0 saturated carbocycles. The number of benzene rings is 1.